The Morgan fingerprint density at radius 2 is 1.83 bits per heavy atom. The van der Waals surface area contributed by atoms with Gasteiger partial charge in [-0.25, -0.2) is 4.79 Å². The number of carbonyl (C=O) groups is 1. The lowest BCUT2D eigenvalue weighted by molar-refractivity contribution is -0.293. The van der Waals surface area contributed by atoms with Crippen LogP contribution in [-0.2, 0) is 14.5 Å². The monoisotopic (exact) mass is 260 g/mol. The highest BCUT2D eigenvalue weighted by Crippen LogP contribution is 2.16. The van der Waals surface area contributed by atoms with Crippen LogP contribution >= 0.6 is 0 Å². The first-order chi connectivity index (χ1) is 8.45. The second-order valence-corrected chi connectivity index (χ2v) is 5.17. The van der Waals surface area contributed by atoms with E-state index in [1.54, 1.807) is 0 Å². The number of hydrogen-bond acceptors (Lipinski definition) is 4. The molecule has 0 spiro atoms. The fourth-order valence-corrected chi connectivity index (χ4v) is 1.36. The fraction of sp³-hybridized carbons (Fsp3) is 0.929. The third-order valence-corrected chi connectivity index (χ3v) is 3.05. The van der Waals surface area contributed by atoms with Gasteiger partial charge in [0.2, 0.25) is 0 Å². The summed E-state index contributed by atoms with van der Waals surface area (Å²) in [6, 6.07) is 0. The Labute approximate surface area is 111 Å². The van der Waals surface area contributed by atoms with Crippen molar-refractivity contribution in [2.45, 2.75) is 84.8 Å². The number of carbonyl (C=O) groups excluding carboxylic acids is 1. The van der Waals surface area contributed by atoms with Crippen molar-refractivity contribution in [3.8, 4) is 0 Å². The van der Waals surface area contributed by atoms with Gasteiger partial charge in [-0.05, 0) is 33.1 Å². The van der Waals surface area contributed by atoms with Gasteiger partial charge in [0.15, 0.2) is 0 Å². The SMILES string of the molecule is CCCCCC(CC)OOC(=O)OC(C)(C)CC. The summed E-state index contributed by atoms with van der Waals surface area (Å²) >= 11 is 0. The molecule has 4 heteroatoms. The topological polar surface area (TPSA) is 44.8 Å². The van der Waals surface area contributed by atoms with Crippen molar-refractivity contribution in [3.63, 3.8) is 0 Å². The molecule has 0 aromatic rings. The molecule has 0 N–H and O–H groups in total. The zero-order chi connectivity index (χ0) is 14.0. The van der Waals surface area contributed by atoms with Crippen LogP contribution in [0, 0.1) is 0 Å². The molecule has 0 aliphatic heterocycles. The lowest BCUT2D eigenvalue weighted by atomic mass is 10.1. The molecule has 0 saturated carbocycles. The first kappa shape index (κ1) is 17.2. The predicted octanol–water partition coefficient (Wildman–Crippen LogP) is 4.62. The first-order valence-corrected chi connectivity index (χ1v) is 7.01. The lowest BCUT2D eigenvalue weighted by Crippen LogP contribution is -2.28. The van der Waals surface area contributed by atoms with Crippen LogP contribution < -0.4 is 0 Å². The minimum absolute atomic E-state index is 0.0335. The normalized spacial score (nSPS) is 13.2. The summed E-state index contributed by atoms with van der Waals surface area (Å²) in [6.45, 7) is 9.80. The molecule has 1 unspecified atom stereocenters. The van der Waals surface area contributed by atoms with E-state index >= 15 is 0 Å². The van der Waals surface area contributed by atoms with Gasteiger partial charge in [0.05, 0.1) is 0 Å². The molecule has 0 heterocycles. The molecule has 0 aromatic heterocycles. The maximum absolute atomic E-state index is 11.4. The van der Waals surface area contributed by atoms with Gasteiger partial charge in [0.1, 0.15) is 11.7 Å². The van der Waals surface area contributed by atoms with Crippen molar-refractivity contribution in [1.82, 2.24) is 0 Å². The zero-order valence-corrected chi connectivity index (χ0v) is 12.5. The Kier molecular flexibility index (Phi) is 8.81. The van der Waals surface area contributed by atoms with Crippen LogP contribution in [0.15, 0.2) is 0 Å². The third kappa shape index (κ3) is 8.34. The van der Waals surface area contributed by atoms with Crippen LogP contribution in [0.2, 0.25) is 0 Å². The summed E-state index contributed by atoms with van der Waals surface area (Å²) in [5, 5.41) is 0. The first-order valence-electron chi connectivity index (χ1n) is 7.01. The van der Waals surface area contributed by atoms with Crippen molar-refractivity contribution in [2.24, 2.45) is 0 Å². The Balaban J connectivity index is 3.87. The molecule has 0 amide bonds. The lowest BCUT2D eigenvalue weighted by Gasteiger charge is -2.22. The summed E-state index contributed by atoms with van der Waals surface area (Å²) in [5.74, 6) is 0. The molecule has 0 aliphatic carbocycles. The van der Waals surface area contributed by atoms with E-state index in [9.17, 15) is 4.79 Å². The van der Waals surface area contributed by atoms with Gasteiger partial charge < -0.3 is 4.74 Å². The maximum Gasteiger partial charge on any atom is 0.540 e. The molecular weight excluding hydrogens is 232 g/mol. The largest absolute Gasteiger partial charge is 0.540 e. The number of unbranched alkanes of at least 4 members (excludes halogenated alkanes) is 2. The summed E-state index contributed by atoms with van der Waals surface area (Å²) in [4.78, 5) is 21.2. The van der Waals surface area contributed by atoms with Crippen LogP contribution in [0.5, 0.6) is 0 Å². The second kappa shape index (κ2) is 9.20. The molecular formula is C14H28O4. The summed E-state index contributed by atoms with van der Waals surface area (Å²) in [5.41, 5.74) is -0.510. The van der Waals surface area contributed by atoms with Crippen LogP contribution in [-0.4, -0.2) is 17.9 Å². The van der Waals surface area contributed by atoms with E-state index < -0.39 is 11.8 Å². The minimum Gasteiger partial charge on any atom is -0.426 e. The number of ether oxygens (including phenoxy) is 1. The van der Waals surface area contributed by atoms with E-state index in [4.69, 9.17) is 14.5 Å². The van der Waals surface area contributed by atoms with Crippen LogP contribution in [0.4, 0.5) is 4.79 Å². The van der Waals surface area contributed by atoms with Crippen LogP contribution in [0.25, 0.3) is 0 Å². The highest BCUT2D eigenvalue weighted by molar-refractivity contribution is 5.59. The van der Waals surface area contributed by atoms with Crippen molar-refractivity contribution < 1.29 is 19.3 Å². The van der Waals surface area contributed by atoms with Gasteiger partial charge in [0.25, 0.3) is 0 Å². The molecule has 1 atom stereocenters. The van der Waals surface area contributed by atoms with E-state index in [1.807, 2.05) is 27.7 Å². The second-order valence-electron chi connectivity index (χ2n) is 5.17. The highest BCUT2D eigenvalue weighted by atomic mass is 17.2. The van der Waals surface area contributed by atoms with Gasteiger partial charge in [-0.3, -0.25) is 4.89 Å². The molecule has 0 radical (unpaired) electrons. The van der Waals surface area contributed by atoms with Gasteiger partial charge in [-0.15, -0.1) is 0 Å². The Morgan fingerprint density at radius 1 is 1.17 bits per heavy atom. The Morgan fingerprint density at radius 3 is 2.33 bits per heavy atom. The molecule has 4 nitrogen and oxygen atoms in total. The van der Waals surface area contributed by atoms with E-state index in [-0.39, 0.29) is 6.10 Å². The van der Waals surface area contributed by atoms with Crippen molar-refractivity contribution in [2.75, 3.05) is 0 Å². The Hall–Kier alpha value is -0.770. The molecule has 0 aromatic carbocycles. The minimum atomic E-state index is -0.754. The van der Waals surface area contributed by atoms with Crippen molar-refractivity contribution in [1.29, 1.82) is 0 Å². The summed E-state index contributed by atoms with van der Waals surface area (Å²) in [6.07, 6.45) is 5.12. The van der Waals surface area contributed by atoms with Crippen molar-refractivity contribution >= 4 is 6.16 Å². The van der Waals surface area contributed by atoms with Gasteiger partial charge in [-0.2, -0.15) is 4.89 Å². The molecule has 0 aliphatic rings. The molecule has 0 saturated heterocycles. The summed E-state index contributed by atoms with van der Waals surface area (Å²) < 4.78 is 5.12. The van der Waals surface area contributed by atoms with E-state index in [1.165, 1.54) is 12.8 Å². The molecule has 0 bridgehead atoms. The molecule has 0 fully saturated rings. The van der Waals surface area contributed by atoms with Crippen molar-refractivity contribution in [3.05, 3.63) is 0 Å². The van der Waals surface area contributed by atoms with Crippen LogP contribution in [0.1, 0.15) is 73.1 Å². The van der Waals surface area contributed by atoms with Crippen LogP contribution in [0.3, 0.4) is 0 Å². The Bertz CT molecular complexity index is 226. The standard InChI is InChI=1S/C14H28O4/c1-6-9-10-11-12(7-2)17-18-13(15)16-14(4,5)8-3/h12H,6-11H2,1-5H3. The average molecular weight is 260 g/mol. The summed E-state index contributed by atoms with van der Waals surface area (Å²) in [7, 11) is 0. The molecule has 18 heavy (non-hydrogen) atoms. The molecule has 0 rings (SSSR count). The number of rotatable bonds is 9. The zero-order valence-electron chi connectivity index (χ0n) is 12.5. The number of hydrogen-bond donors (Lipinski definition) is 0. The van der Waals surface area contributed by atoms with Gasteiger partial charge >= 0.3 is 6.16 Å². The molecule has 108 valence electrons. The quantitative estimate of drug-likeness (QED) is 0.263. The maximum atomic E-state index is 11.4. The fourth-order valence-electron chi connectivity index (χ4n) is 1.36. The predicted molar refractivity (Wildman–Crippen MR) is 71.2 cm³/mol. The van der Waals surface area contributed by atoms with Gasteiger partial charge in [0, 0.05) is 0 Å². The average Bonchev–Trinajstić information content (AvgIpc) is 2.33. The van der Waals surface area contributed by atoms with E-state index in [0.29, 0.717) is 0 Å². The highest BCUT2D eigenvalue weighted by Gasteiger charge is 2.23. The van der Waals surface area contributed by atoms with Gasteiger partial charge in [-0.1, -0.05) is 40.0 Å². The van der Waals surface area contributed by atoms with E-state index in [2.05, 4.69) is 6.92 Å². The smallest absolute Gasteiger partial charge is 0.426 e. The third-order valence-electron chi connectivity index (χ3n) is 3.05. The van der Waals surface area contributed by atoms with E-state index in [0.717, 1.165) is 25.7 Å².